The molecular formula is C18H21N5O2S. The van der Waals surface area contributed by atoms with Gasteiger partial charge in [-0.1, -0.05) is 43.8 Å². The number of aryl methyl sites for hydroxylation is 1. The van der Waals surface area contributed by atoms with Crippen LogP contribution in [-0.4, -0.2) is 31.9 Å². The Balaban J connectivity index is 1.63. The number of amides is 1. The number of rotatable bonds is 7. The summed E-state index contributed by atoms with van der Waals surface area (Å²) in [7, 11) is 0. The number of nitrogens with one attached hydrogen (secondary N) is 1. The smallest absolute Gasteiger partial charge is 0.234 e. The summed E-state index contributed by atoms with van der Waals surface area (Å²) in [5.74, 6) is 1.23. The fraction of sp³-hybridized carbons (Fsp3) is 0.333. The molecule has 7 nitrogen and oxygen atoms in total. The predicted molar refractivity (Wildman–Crippen MR) is 100 cm³/mol. The maximum absolute atomic E-state index is 12.4. The van der Waals surface area contributed by atoms with Gasteiger partial charge in [0.05, 0.1) is 12.0 Å². The minimum atomic E-state index is -0.0845. The molecule has 0 radical (unpaired) electrons. The highest BCUT2D eigenvalue weighted by atomic mass is 32.2. The van der Waals surface area contributed by atoms with Gasteiger partial charge in [0.1, 0.15) is 12.3 Å². The predicted octanol–water partition coefficient (Wildman–Crippen LogP) is 3.48. The molecule has 136 valence electrons. The number of furan rings is 1. The second-order valence-corrected chi connectivity index (χ2v) is 7.17. The lowest BCUT2D eigenvalue weighted by molar-refractivity contribution is -0.113. The van der Waals surface area contributed by atoms with E-state index in [1.165, 1.54) is 11.8 Å². The summed E-state index contributed by atoms with van der Waals surface area (Å²) in [6, 6.07) is 9.73. The van der Waals surface area contributed by atoms with Crippen LogP contribution in [0.15, 0.2) is 46.2 Å². The summed E-state index contributed by atoms with van der Waals surface area (Å²) >= 11 is 1.30. The molecule has 1 amide bonds. The van der Waals surface area contributed by atoms with Gasteiger partial charge in [-0.25, -0.2) is 4.68 Å². The topological polar surface area (TPSA) is 85.8 Å². The largest absolute Gasteiger partial charge is 0.467 e. The van der Waals surface area contributed by atoms with Gasteiger partial charge in [-0.05, 0) is 46.5 Å². The molecule has 2 heterocycles. The second-order valence-electron chi connectivity index (χ2n) is 6.23. The van der Waals surface area contributed by atoms with Crippen molar-refractivity contribution in [2.24, 2.45) is 0 Å². The lowest BCUT2D eigenvalue weighted by Crippen LogP contribution is -2.17. The van der Waals surface area contributed by atoms with Crippen LogP contribution in [-0.2, 0) is 11.3 Å². The first-order valence-electron chi connectivity index (χ1n) is 8.35. The van der Waals surface area contributed by atoms with Crippen LogP contribution in [0.4, 0.5) is 5.69 Å². The molecule has 3 rings (SSSR count). The van der Waals surface area contributed by atoms with Crippen LogP contribution in [0.1, 0.15) is 36.7 Å². The van der Waals surface area contributed by atoms with Crippen molar-refractivity contribution in [2.45, 2.75) is 38.4 Å². The summed E-state index contributed by atoms with van der Waals surface area (Å²) < 4.78 is 6.93. The minimum absolute atomic E-state index is 0.0845. The van der Waals surface area contributed by atoms with Gasteiger partial charge < -0.3 is 9.73 Å². The van der Waals surface area contributed by atoms with Gasteiger partial charge in [0.25, 0.3) is 0 Å². The number of aromatic nitrogens is 4. The Morgan fingerprint density at radius 1 is 1.31 bits per heavy atom. The highest BCUT2D eigenvalue weighted by Crippen LogP contribution is 2.27. The summed E-state index contributed by atoms with van der Waals surface area (Å²) in [6.45, 7) is 6.65. The van der Waals surface area contributed by atoms with Gasteiger partial charge in [0, 0.05) is 5.69 Å². The Morgan fingerprint density at radius 2 is 2.15 bits per heavy atom. The molecule has 0 aliphatic carbocycles. The monoisotopic (exact) mass is 371 g/mol. The van der Waals surface area contributed by atoms with E-state index in [1.807, 2.05) is 37.3 Å². The number of carbonyl (C=O) groups excluding carboxylic acids is 1. The molecule has 0 unspecified atom stereocenters. The fourth-order valence-corrected chi connectivity index (χ4v) is 3.27. The Kier molecular flexibility index (Phi) is 5.72. The molecule has 0 fully saturated rings. The number of nitrogens with zero attached hydrogens (tertiary/aromatic N) is 4. The average Bonchev–Trinajstić information content (AvgIpc) is 3.27. The Morgan fingerprint density at radius 3 is 2.88 bits per heavy atom. The van der Waals surface area contributed by atoms with Crippen LogP contribution in [0.3, 0.4) is 0 Å². The number of hydrogen-bond acceptors (Lipinski definition) is 6. The normalized spacial score (nSPS) is 11.1. The van der Waals surface area contributed by atoms with Gasteiger partial charge in [0.2, 0.25) is 11.1 Å². The van der Waals surface area contributed by atoms with Crippen molar-refractivity contribution in [1.82, 2.24) is 20.2 Å². The van der Waals surface area contributed by atoms with Crippen LogP contribution in [0.2, 0.25) is 0 Å². The van der Waals surface area contributed by atoms with Crippen molar-refractivity contribution in [3.63, 3.8) is 0 Å². The van der Waals surface area contributed by atoms with E-state index in [0.717, 1.165) is 22.6 Å². The van der Waals surface area contributed by atoms with E-state index in [2.05, 4.69) is 34.7 Å². The highest BCUT2D eigenvalue weighted by molar-refractivity contribution is 7.99. The molecule has 0 spiro atoms. The van der Waals surface area contributed by atoms with Crippen LogP contribution in [0.25, 0.3) is 0 Å². The maximum atomic E-state index is 12.4. The second kappa shape index (κ2) is 8.18. The lowest BCUT2D eigenvalue weighted by Gasteiger charge is -2.16. The van der Waals surface area contributed by atoms with E-state index in [0.29, 0.717) is 17.6 Å². The first-order valence-corrected chi connectivity index (χ1v) is 9.34. The molecule has 0 saturated carbocycles. The van der Waals surface area contributed by atoms with Crippen LogP contribution in [0.5, 0.6) is 0 Å². The summed E-state index contributed by atoms with van der Waals surface area (Å²) in [6.07, 6.45) is 1.61. The first kappa shape index (κ1) is 18.2. The van der Waals surface area contributed by atoms with E-state index in [-0.39, 0.29) is 11.7 Å². The van der Waals surface area contributed by atoms with Crippen molar-refractivity contribution in [1.29, 1.82) is 0 Å². The van der Waals surface area contributed by atoms with Gasteiger partial charge in [-0.3, -0.25) is 4.79 Å². The highest BCUT2D eigenvalue weighted by Gasteiger charge is 2.14. The molecule has 0 aliphatic heterocycles. The first-order chi connectivity index (χ1) is 12.5. The van der Waals surface area contributed by atoms with Crippen molar-refractivity contribution in [2.75, 3.05) is 11.1 Å². The van der Waals surface area contributed by atoms with Crippen molar-refractivity contribution in [3.05, 3.63) is 53.5 Å². The van der Waals surface area contributed by atoms with Crippen LogP contribution >= 0.6 is 11.8 Å². The van der Waals surface area contributed by atoms with Crippen molar-refractivity contribution in [3.8, 4) is 0 Å². The summed E-state index contributed by atoms with van der Waals surface area (Å²) in [5.41, 5.74) is 3.08. The summed E-state index contributed by atoms with van der Waals surface area (Å²) in [4.78, 5) is 12.4. The number of carbonyl (C=O) groups is 1. The molecular weight excluding hydrogens is 350 g/mol. The molecule has 0 atom stereocenters. The van der Waals surface area contributed by atoms with Gasteiger partial charge in [0.15, 0.2) is 0 Å². The molecule has 1 N–H and O–H groups in total. The molecule has 0 bridgehead atoms. The molecule has 8 heteroatoms. The Bertz CT molecular complexity index is 874. The van der Waals surface area contributed by atoms with E-state index in [9.17, 15) is 4.79 Å². The molecule has 1 aromatic carbocycles. The number of para-hydroxylation sites is 1. The van der Waals surface area contributed by atoms with Crippen LogP contribution < -0.4 is 5.32 Å². The van der Waals surface area contributed by atoms with E-state index < -0.39 is 0 Å². The fourth-order valence-electron chi connectivity index (χ4n) is 2.60. The van der Waals surface area contributed by atoms with E-state index in [1.54, 1.807) is 10.9 Å². The Labute approximate surface area is 156 Å². The average molecular weight is 371 g/mol. The lowest BCUT2D eigenvalue weighted by atomic mass is 9.98. The third-order valence-electron chi connectivity index (χ3n) is 3.91. The third-order valence-corrected chi connectivity index (χ3v) is 4.87. The zero-order chi connectivity index (χ0) is 18.5. The summed E-state index contributed by atoms with van der Waals surface area (Å²) in [5, 5.41) is 15.2. The van der Waals surface area contributed by atoms with Gasteiger partial charge in [-0.2, -0.15) is 0 Å². The zero-order valence-electron chi connectivity index (χ0n) is 15.0. The molecule has 0 saturated heterocycles. The quantitative estimate of drug-likeness (QED) is 0.640. The molecule has 26 heavy (non-hydrogen) atoms. The van der Waals surface area contributed by atoms with Crippen molar-refractivity contribution >= 4 is 23.4 Å². The minimum Gasteiger partial charge on any atom is -0.467 e. The van der Waals surface area contributed by atoms with Crippen molar-refractivity contribution < 1.29 is 9.21 Å². The Hall–Kier alpha value is -2.61. The number of benzene rings is 1. The SMILES string of the molecule is Cc1cccc(C(C)C)c1NC(=O)CSc1nnnn1Cc1ccco1. The number of anilines is 1. The number of tetrazole rings is 1. The van der Waals surface area contributed by atoms with Gasteiger partial charge in [-0.15, -0.1) is 5.10 Å². The van der Waals surface area contributed by atoms with Crippen LogP contribution in [0, 0.1) is 6.92 Å². The van der Waals surface area contributed by atoms with E-state index in [4.69, 9.17) is 4.42 Å². The number of thioether (sulfide) groups is 1. The third kappa shape index (κ3) is 4.32. The molecule has 3 aromatic rings. The maximum Gasteiger partial charge on any atom is 0.234 e. The van der Waals surface area contributed by atoms with E-state index >= 15 is 0 Å². The van der Waals surface area contributed by atoms with Gasteiger partial charge >= 0.3 is 0 Å². The zero-order valence-corrected chi connectivity index (χ0v) is 15.8. The standard InChI is InChI=1S/C18H21N5O2S/c1-12(2)15-8-4-6-13(3)17(15)19-16(24)11-26-18-20-21-22-23(18)10-14-7-5-9-25-14/h4-9,12H,10-11H2,1-3H3,(H,19,24). The molecule has 0 aliphatic rings. The molecule has 2 aromatic heterocycles. The number of hydrogen-bond donors (Lipinski definition) is 1.